The molecule has 3 N–H and O–H groups in total. The van der Waals surface area contributed by atoms with Crippen LogP contribution in [0.3, 0.4) is 0 Å². The zero-order valence-electron chi connectivity index (χ0n) is 27.2. The second kappa shape index (κ2) is 15.9. The Morgan fingerprint density at radius 1 is 0.625 bits per heavy atom. The van der Waals surface area contributed by atoms with E-state index in [0.717, 1.165) is 16.3 Å². The van der Waals surface area contributed by atoms with E-state index in [4.69, 9.17) is 24.7 Å². The summed E-state index contributed by atoms with van der Waals surface area (Å²) in [4.78, 5) is 46.2. The predicted molar refractivity (Wildman–Crippen MR) is 179 cm³/mol. The van der Waals surface area contributed by atoms with Crippen LogP contribution in [0.4, 0.5) is 5.82 Å². The van der Waals surface area contributed by atoms with Crippen molar-refractivity contribution in [2.75, 3.05) is 5.73 Å². The molecule has 0 unspecified atom stereocenters. The van der Waals surface area contributed by atoms with Crippen LogP contribution in [0.5, 0.6) is 29.0 Å². The highest BCUT2D eigenvalue weighted by Gasteiger charge is 2.16. The smallest absolute Gasteiger partial charge is 0.309 e. The highest BCUT2D eigenvalue weighted by atomic mass is 16.6. The Morgan fingerprint density at radius 3 is 1.56 bits per heavy atom. The fourth-order valence-electron chi connectivity index (χ4n) is 4.15. The van der Waals surface area contributed by atoms with Crippen molar-refractivity contribution in [3.8, 4) is 29.0 Å². The standard InChI is InChI=1S/C13H14N2O3.C11H13N3O.C10H8N2O3/c1-8(2)17-12-11-10(5-4-6-14-11)7-15-13(12)18-9(3)16;1-7(2)15-10-9-8(4-3-5-13-9)6-14-11(10)12;1-6(13)15-10-9(14)8-7(5-12-10)3-2-4-11-8/h4-8H,1-3H3;3-7H,1-2H3,(H2,12,14);2-5,14H,1H3. The van der Waals surface area contributed by atoms with Crippen molar-refractivity contribution in [3.63, 3.8) is 0 Å². The number of hydrogen-bond acceptors (Lipinski definition) is 14. The van der Waals surface area contributed by atoms with Gasteiger partial charge in [-0.05, 0) is 64.1 Å². The number of anilines is 1. The van der Waals surface area contributed by atoms with Crippen LogP contribution < -0.4 is 24.7 Å². The summed E-state index contributed by atoms with van der Waals surface area (Å²) in [6.07, 6.45) is 9.70. The molecule has 0 aromatic carbocycles. The van der Waals surface area contributed by atoms with Gasteiger partial charge in [-0.2, -0.15) is 0 Å². The van der Waals surface area contributed by atoms with Gasteiger partial charge in [0.2, 0.25) is 11.5 Å². The number of nitrogens with two attached hydrogens (primary N) is 1. The van der Waals surface area contributed by atoms with Gasteiger partial charge in [0.15, 0.2) is 11.6 Å². The first kappa shape index (κ1) is 34.7. The Morgan fingerprint density at radius 2 is 1.04 bits per heavy atom. The van der Waals surface area contributed by atoms with Gasteiger partial charge < -0.3 is 29.8 Å². The number of ether oxygens (including phenoxy) is 4. The summed E-state index contributed by atoms with van der Waals surface area (Å²) in [5.74, 6) is 0.204. The fraction of sp³-hybridized carbons (Fsp3) is 0.235. The first-order chi connectivity index (χ1) is 22.9. The maximum absolute atomic E-state index is 11.0. The number of esters is 2. The van der Waals surface area contributed by atoms with E-state index in [2.05, 4.69) is 29.9 Å². The molecule has 0 atom stereocenters. The normalized spacial score (nSPS) is 10.6. The number of nitrogens with zero attached hydrogens (tertiary/aromatic N) is 6. The Hall–Kier alpha value is -6.18. The second-order valence-corrected chi connectivity index (χ2v) is 10.6. The lowest BCUT2D eigenvalue weighted by Crippen LogP contribution is -2.11. The molecule has 6 rings (SSSR count). The number of carbonyl (C=O) groups is 2. The van der Waals surface area contributed by atoms with Crippen LogP contribution in [0.15, 0.2) is 73.6 Å². The molecule has 0 aliphatic rings. The molecule has 48 heavy (non-hydrogen) atoms. The third kappa shape index (κ3) is 8.96. The van der Waals surface area contributed by atoms with E-state index in [0.29, 0.717) is 33.7 Å². The maximum atomic E-state index is 11.0. The molecule has 248 valence electrons. The van der Waals surface area contributed by atoms with Crippen LogP contribution in [0.25, 0.3) is 32.7 Å². The van der Waals surface area contributed by atoms with Crippen LogP contribution >= 0.6 is 0 Å². The van der Waals surface area contributed by atoms with Crippen molar-refractivity contribution in [2.45, 2.75) is 53.8 Å². The van der Waals surface area contributed by atoms with Gasteiger partial charge in [-0.15, -0.1) is 0 Å². The van der Waals surface area contributed by atoms with Crippen LogP contribution in [0.2, 0.25) is 0 Å². The van der Waals surface area contributed by atoms with E-state index in [-0.39, 0.29) is 29.7 Å². The van der Waals surface area contributed by atoms with E-state index in [1.807, 2.05) is 52.0 Å². The van der Waals surface area contributed by atoms with Crippen molar-refractivity contribution in [2.24, 2.45) is 0 Å². The summed E-state index contributed by atoms with van der Waals surface area (Å²) in [7, 11) is 0. The van der Waals surface area contributed by atoms with E-state index in [9.17, 15) is 14.7 Å². The first-order valence-corrected chi connectivity index (χ1v) is 14.8. The number of fused-ring (bicyclic) bond motifs is 3. The lowest BCUT2D eigenvalue weighted by molar-refractivity contribution is -0.133. The summed E-state index contributed by atoms with van der Waals surface area (Å²) in [5.41, 5.74) is 7.52. The van der Waals surface area contributed by atoms with Gasteiger partial charge in [0.1, 0.15) is 16.6 Å². The van der Waals surface area contributed by atoms with E-state index >= 15 is 0 Å². The van der Waals surface area contributed by atoms with Crippen LogP contribution in [0.1, 0.15) is 41.5 Å². The lowest BCUT2D eigenvalue weighted by Gasteiger charge is -2.14. The monoisotopic (exact) mass is 653 g/mol. The van der Waals surface area contributed by atoms with Gasteiger partial charge in [0.05, 0.1) is 12.2 Å². The Bertz CT molecular complexity index is 2050. The van der Waals surface area contributed by atoms with Crippen molar-refractivity contribution >= 4 is 50.5 Å². The van der Waals surface area contributed by atoms with Crippen molar-refractivity contribution in [3.05, 3.63) is 73.6 Å². The highest BCUT2D eigenvalue weighted by Crippen LogP contribution is 2.33. The molecular weight excluding hydrogens is 618 g/mol. The molecule has 6 aromatic heterocycles. The first-order valence-electron chi connectivity index (χ1n) is 14.8. The van der Waals surface area contributed by atoms with Crippen molar-refractivity contribution < 1.29 is 33.6 Å². The largest absolute Gasteiger partial charge is 0.502 e. The van der Waals surface area contributed by atoms with Gasteiger partial charge in [0, 0.05) is 67.2 Å². The number of aromatic nitrogens is 6. The summed E-state index contributed by atoms with van der Waals surface area (Å²) >= 11 is 0. The minimum Gasteiger partial charge on any atom is -0.502 e. The fourth-order valence-corrected chi connectivity index (χ4v) is 4.15. The van der Waals surface area contributed by atoms with Crippen LogP contribution in [0, 0.1) is 0 Å². The molecule has 0 radical (unpaired) electrons. The number of aromatic hydroxyl groups is 1. The molecule has 14 nitrogen and oxygen atoms in total. The Labute approximate surface area is 275 Å². The van der Waals surface area contributed by atoms with Gasteiger partial charge in [-0.25, -0.2) is 15.0 Å². The molecule has 14 heteroatoms. The molecule has 6 heterocycles. The topological polar surface area (TPSA) is 195 Å². The molecule has 0 saturated carbocycles. The average molecular weight is 654 g/mol. The minimum absolute atomic E-state index is 0.0571. The third-order valence-electron chi connectivity index (χ3n) is 5.97. The molecule has 0 aliphatic carbocycles. The quantitative estimate of drug-likeness (QED) is 0.211. The molecule has 0 saturated heterocycles. The Balaban J connectivity index is 0.000000164. The molecular formula is C34H35N7O7. The van der Waals surface area contributed by atoms with Gasteiger partial charge in [-0.3, -0.25) is 24.5 Å². The van der Waals surface area contributed by atoms with Crippen molar-refractivity contribution in [1.82, 2.24) is 29.9 Å². The van der Waals surface area contributed by atoms with E-state index in [1.54, 1.807) is 43.1 Å². The lowest BCUT2D eigenvalue weighted by atomic mass is 10.2. The number of hydrogen-bond donors (Lipinski definition) is 2. The van der Waals surface area contributed by atoms with Crippen LogP contribution in [-0.2, 0) is 9.59 Å². The average Bonchev–Trinajstić information content (AvgIpc) is 3.05. The summed E-state index contributed by atoms with van der Waals surface area (Å²) in [6, 6.07) is 11.0. The second-order valence-electron chi connectivity index (χ2n) is 10.6. The zero-order valence-corrected chi connectivity index (χ0v) is 27.2. The predicted octanol–water partition coefficient (Wildman–Crippen LogP) is 5.60. The SMILES string of the molecule is CC(=O)Oc1ncc2cccnc2c1O.CC(=O)Oc1ncc2cccnc2c1OC(C)C.CC(C)Oc1c(N)ncc2cccnc12. The number of pyridine rings is 6. The molecule has 0 amide bonds. The number of rotatable bonds is 6. The molecule has 0 aliphatic heterocycles. The van der Waals surface area contributed by atoms with Gasteiger partial charge >= 0.3 is 11.9 Å². The van der Waals surface area contributed by atoms with Gasteiger partial charge in [0.25, 0.3) is 11.8 Å². The summed E-state index contributed by atoms with van der Waals surface area (Å²) in [6.45, 7) is 10.2. The van der Waals surface area contributed by atoms with Crippen LogP contribution in [-0.4, -0.2) is 59.2 Å². The molecule has 0 bridgehead atoms. The molecule has 0 spiro atoms. The highest BCUT2D eigenvalue weighted by molar-refractivity contribution is 5.88. The van der Waals surface area contributed by atoms with Gasteiger partial charge in [-0.1, -0.05) is 0 Å². The minimum atomic E-state index is -0.534. The molecule has 6 aromatic rings. The summed E-state index contributed by atoms with van der Waals surface area (Å²) < 4.78 is 21.0. The number of carbonyl (C=O) groups excluding carboxylic acids is 2. The summed E-state index contributed by atoms with van der Waals surface area (Å²) in [5, 5.41) is 12.2. The van der Waals surface area contributed by atoms with E-state index in [1.165, 1.54) is 20.0 Å². The number of nitrogen functional groups attached to an aromatic ring is 1. The van der Waals surface area contributed by atoms with Crippen molar-refractivity contribution in [1.29, 1.82) is 0 Å². The van der Waals surface area contributed by atoms with E-state index < -0.39 is 11.9 Å². The Kier molecular flexibility index (Phi) is 11.5. The third-order valence-corrected chi connectivity index (χ3v) is 5.97. The molecule has 0 fully saturated rings. The maximum Gasteiger partial charge on any atom is 0.309 e. The zero-order chi connectivity index (χ0) is 34.8.